The summed E-state index contributed by atoms with van der Waals surface area (Å²) in [5.41, 5.74) is 4.95. The lowest BCUT2D eigenvalue weighted by Crippen LogP contribution is -2.05. The predicted molar refractivity (Wildman–Crippen MR) is 94.7 cm³/mol. The Labute approximate surface area is 134 Å². The smallest absolute Gasteiger partial charge is 0.124 e. The summed E-state index contributed by atoms with van der Waals surface area (Å²) < 4.78 is 5.94. The average molecular weight is 297 g/mol. The molecule has 2 rings (SSSR count). The van der Waals surface area contributed by atoms with Crippen molar-refractivity contribution < 1.29 is 4.74 Å². The van der Waals surface area contributed by atoms with E-state index < -0.39 is 0 Å². The summed E-state index contributed by atoms with van der Waals surface area (Å²) in [6.45, 7) is 8.05. The third kappa shape index (κ3) is 4.80. The Bertz CT molecular complexity index is 592. The van der Waals surface area contributed by atoms with E-state index in [9.17, 15) is 0 Å². The number of benzene rings is 2. The molecule has 0 atom stereocenters. The van der Waals surface area contributed by atoms with Crippen molar-refractivity contribution in [2.75, 3.05) is 11.9 Å². The number of hydrogen-bond acceptors (Lipinski definition) is 2. The van der Waals surface area contributed by atoms with Gasteiger partial charge in [-0.1, -0.05) is 50.1 Å². The summed E-state index contributed by atoms with van der Waals surface area (Å²) in [7, 11) is 0. The van der Waals surface area contributed by atoms with Crippen LogP contribution in [0.5, 0.6) is 5.75 Å². The number of ether oxygens (including phenoxy) is 1. The average Bonchev–Trinajstić information content (AvgIpc) is 2.53. The Morgan fingerprint density at radius 1 is 1.00 bits per heavy atom. The lowest BCUT2D eigenvalue weighted by atomic mass is 10.1. The molecule has 0 bridgehead atoms. The zero-order valence-electron chi connectivity index (χ0n) is 14.0. The van der Waals surface area contributed by atoms with Crippen LogP contribution in [0.2, 0.25) is 0 Å². The van der Waals surface area contributed by atoms with Crippen molar-refractivity contribution in [1.82, 2.24) is 0 Å². The summed E-state index contributed by atoms with van der Waals surface area (Å²) in [4.78, 5) is 0. The van der Waals surface area contributed by atoms with Crippen molar-refractivity contribution in [1.29, 1.82) is 0 Å². The summed E-state index contributed by atoms with van der Waals surface area (Å²) in [5, 5.41) is 3.53. The minimum Gasteiger partial charge on any atom is -0.493 e. The number of nitrogens with one attached hydrogen (secondary N) is 1. The van der Waals surface area contributed by atoms with Crippen LogP contribution in [0, 0.1) is 13.8 Å². The number of hydrogen-bond donors (Lipinski definition) is 1. The number of para-hydroxylation sites is 1. The molecule has 0 heterocycles. The maximum atomic E-state index is 5.94. The van der Waals surface area contributed by atoms with Crippen molar-refractivity contribution >= 4 is 5.69 Å². The van der Waals surface area contributed by atoms with Gasteiger partial charge in [0.15, 0.2) is 0 Å². The molecule has 0 amide bonds. The molecule has 118 valence electrons. The molecule has 0 saturated heterocycles. The monoisotopic (exact) mass is 297 g/mol. The first kappa shape index (κ1) is 16.4. The van der Waals surface area contributed by atoms with E-state index in [0.29, 0.717) is 0 Å². The molecule has 0 spiro atoms. The molecular weight excluding hydrogens is 270 g/mol. The van der Waals surface area contributed by atoms with Crippen molar-refractivity contribution in [2.45, 2.75) is 46.6 Å². The first-order valence-electron chi connectivity index (χ1n) is 8.22. The van der Waals surface area contributed by atoms with Crippen molar-refractivity contribution in [3.63, 3.8) is 0 Å². The van der Waals surface area contributed by atoms with Crippen LogP contribution in [0.3, 0.4) is 0 Å². The van der Waals surface area contributed by atoms with Gasteiger partial charge >= 0.3 is 0 Å². The highest BCUT2D eigenvalue weighted by Crippen LogP contribution is 2.22. The van der Waals surface area contributed by atoms with Gasteiger partial charge in [-0.2, -0.15) is 0 Å². The normalized spacial score (nSPS) is 10.5. The Morgan fingerprint density at radius 3 is 2.64 bits per heavy atom. The fourth-order valence-electron chi connectivity index (χ4n) is 2.44. The van der Waals surface area contributed by atoms with Crippen LogP contribution < -0.4 is 10.1 Å². The Kier molecular flexibility index (Phi) is 6.32. The third-order valence-corrected chi connectivity index (χ3v) is 3.84. The van der Waals surface area contributed by atoms with Gasteiger partial charge in [0, 0.05) is 17.8 Å². The van der Waals surface area contributed by atoms with E-state index in [1.54, 1.807) is 0 Å². The maximum absolute atomic E-state index is 5.94. The molecule has 22 heavy (non-hydrogen) atoms. The second kappa shape index (κ2) is 8.47. The number of aryl methyl sites for hydroxylation is 2. The van der Waals surface area contributed by atoms with Crippen molar-refractivity contribution in [3.05, 3.63) is 59.2 Å². The highest BCUT2D eigenvalue weighted by molar-refractivity contribution is 5.53. The van der Waals surface area contributed by atoms with Gasteiger partial charge in [-0.3, -0.25) is 0 Å². The Morgan fingerprint density at radius 2 is 1.82 bits per heavy atom. The fraction of sp³-hybridized carbons (Fsp3) is 0.400. The van der Waals surface area contributed by atoms with E-state index >= 15 is 0 Å². The molecule has 0 aromatic heterocycles. The standard InChI is InChI=1S/C20H27NO/c1-4-5-8-13-22-20-10-7-6-9-18(20)15-21-19-14-16(2)11-12-17(19)3/h6-7,9-12,14,21H,4-5,8,13,15H2,1-3H3. The fourth-order valence-corrected chi connectivity index (χ4v) is 2.44. The first-order chi connectivity index (χ1) is 10.7. The SMILES string of the molecule is CCCCCOc1ccccc1CNc1cc(C)ccc1C. The van der Waals surface area contributed by atoms with Crippen LogP contribution in [0.25, 0.3) is 0 Å². The van der Waals surface area contributed by atoms with Gasteiger partial charge in [0.2, 0.25) is 0 Å². The van der Waals surface area contributed by atoms with Gasteiger partial charge in [-0.25, -0.2) is 0 Å². The van der Waals surface area contributed by atoms with Crippen LogP contribution in [-0.2, 0) is 6.54 Å². The second-order valence-electron chi connectivity index (χ2n) is 5.84. The van der Waals surface area contributed by atoms with Gasteiger partial charge in [0.1, 0.15) is 5.75 Å². The molecular formula is C20H27NO. The number of anilines is 1. The molecule has 2 aromatic carbocycles. The summed E-state index contributed by atoms with van der Waals surface area (Å²) in [6, 6.07) is 14.8. The van der Waals surface area contributed by atoms with Crippen molar-refractivity contribution in [2.24, 2.45) is 0 Å². The van der Waals surface area contributed by atoms with Crippen LogP contribution in [0.4, 0.5) is 5.69 Å². The Balaban J connectivity index is 1.98. The molecule has 0 fully saturated rings. The zero-order chi connectivity index (χ0) is 15.8. The lowest BCUT2D eigenvalue weighted by molar-refractivity contribution is 0.303. The maximum Gasteiger partial charge on any atom is 0.124 e. The first-order valence-corrected chi connectivity index (χ1v) is 8.22. The molecule has 0 unspecified atom stereocenters. The minimum atomic E-state index is 0.786. The van der Waals surface area contributed by atoms with E-state index in [2.05, 4.69) is 62.5 Å². The molecule has 1 N–H and O–H groups in total. The zero-order valence-corrected chi connectivity index (χ0v) is 14.0. The van der Waals surface area contributed by atoms with Gasteiger partial charge in [-0.15, -0.1) is 0 Å². The summed E-state index contributed by atoms with van der Waals surface area (Å²) in [5.74, 6) is 0.997. The van der Waals surface area contributed by atoms with E-state index in [4.69, 9.17) is 4.74 Å². The van der Waals surface area contributed by atoms with Gasteiger partial charge < -0.3 is 10.1 Å². The molecule has 2 heteroatoms. The highest BCUT2D eigenvalue weighted by Gasteiger charge is 2.04. The quantitative estimate of drug-likeness (QED) is 0.651. The van der Waals surface area contributed by atoms with Crippen LogP contribution in [0.15, 0.2) is 42.5 Å². The van der Waals surface area contributed by atoms with Gasteiger partial charge in [0.25, 0.3) is 0 Å². The van der Waals surface area contributed by atoms with E-state index in [1.165, 1.54) is 35.2 Å². The number of unbranched alkanes of at least 4 members (excludes halogenated alkanes) is 2. The molecule has 2 nitrogen and oxygen atoms in total. The van der Waals surface area contributed by atoms with E-state index in [0.717, 1.165) is 25.3 Å². The second-order valence-corrected chi connectivity index (χ2v) is 5.84. The third-order valence-electron chi connectivity index (χ3n) is 3.84. The molecule has 0 aliphatic heterocycles. The highest BCUT2D eigenvalue weighted by atomic mass is 16.5. The van der Waals surface area contributed by atoms with E-state index in [-0.39, 0.29) is 0 Å². The summed E-state index contributed by atoms with van der Waals surface area (Å²) in [6.07, 6.45) is 3.57. The molecule has 0 aliphatic carbocycles. The largest absolute Gasteiger partial charge is 0.493 e. The predicted octanol–water partition coefficient (Wildman–Crippen LogP) is 5.48. The molecule has 0 aliphatic rings. The topological polar surface area (TPSA) is 21.3 Å². The number of rotatable bonds is 8. The Hall–Kier alpha value is -1.96. The van der Waals surface area contributed by atoms with Crippen LogP contribution in [-0.4, -0.2) is 6.61 Å². The summed E-state index contributed by atoms with van der Waals surface area (Å²) >= 11 is 0. The van der Waals surface area contributed by atoms with Gasteiger partial charge in [0.05, 0.1) is 6.61 Å². The molecule has 2 aromatic rings. The van der Waals surface area contributed by atoms with Gasteiger partial charge in [-0.05, 0) is 43.5 Å². The molecule has 0 saturated carbocycles. The molecule has 0 radical (unpaired) electrons. The minimum absolute atomic E-state index is 0.786. The van der Waals surface area contributed by atoms with Crippen LogP contribution in [0.1, 0.15) is 42.9 Å². The lowest BCUT2D eigenvalue weighted by Gasteiger charge is -2.14. The van der Waals surface area contributed by atoms with Crippen molar-refractivity contribution in [3.8, 4) is 5.75 Å². The van der Waals surface area contributed by atoms with E-state index in [1.807, 2.05) is 6.07 Å². The van der Waals surface area contributed by atoms with Crippen LogP contribution >= 0.6 is 0 Å².